The molecule has 170 valence electrons. The predicted octanol–water partition coefficient (Wildman–Crippen LogP) is 2.19. The second-order valence-corrected chi connectivity index (χ2v) is 9.25. The minimum absolute atomic E-state index is 0.00513. The first-order valence-electron chi connectivity index (χ1n) is 10.4. The van der Waals surface area contributed by atoms with Crippen molar-refractivity contribution in [1.82, 2.24) is 24.6 Å². The van der Waals surface area contributed by atoms with E-state index in [2.05, 4.69) is 15.4 Å². The molecule has 0 bridgehead atoms. The van der Waals surface area contributed by atoms with Crippen LogP contribution in [0.25, 0.3) is 16.8 Å². The van der Waals surface area contributed by atoms with Crippen LogP contribution in [0.1, 0.15) is 31.9 Å². The van der Waals surface area contributed by atoms with Gasteiger partial charge in [-0.1, -0.05) is 6.92 Å². The summed E-state index contributed by atoms with van der Waals surface area (Å²) < 4.78 is 49.3. The van der Waals surface area contributed by atoms with Crippen LogP contribution in [0.2, 0.25) is 0 Å². The van der Waals surface area contributed by atoms with Gasteiger partial charge in [0.05, 0.1) is 16.2 Å². The zero-order valence-corrected chi connectivity index (χ0v) is 18.6. The minimum Gasteiger partial charge on any atom is -0.474 e. The van der Waals surface area contributed by atoms with Gasteiger partial charge in [-0.15, -0.1) is 0 Å². The van der Waals surface area contributed by atoms with Gasteiger partial charge >= 0.3 is 0 Å². The number of carbonyl (C=O) groups is 1. The summed E-state index contributed by atoms with van der Waals surface area (Å²) in [6.45, 7) is 5.01. The molecule has 1 aliphatic heterocycles. The highest BCUT2D eigenvalue weighted by atomic mass is 32.2. The Bertz CT molecular complexity index is 1270. The molecule has 11 heteroatoms. The Morgan fingerprint density at radius 2 is 2.06 bits per heavy atom. The SMILES string of the molecule is CCC(=O)NS(=O)(=O)c1ccc(-c2c(C)nn3c(OC4CCNCC4)ccnc23)c(F)c1. The Morgan fingerprint density at radius 1 is 1.31 bits per heavy atom. The highest BCUT2D eigenvalue weighted by molar-refractivity contribution is 7.90. The molecular formula is C21H24FN5O4S. The summed E-state index contributed by atoms with van der Waals surface area (Å²) >= 11 is 0. The van der Waals surface area contributed by atoms with Crippen LogP contribution in [-0.2, 0) is 14.8 Å². The molecule has 0 unspecified atom stereocenters. The van der Waals surface area contributed by atoms with Crippen molar-refractivity contribution in [3.8, 4) is 17.0 Å². The monoisotopic (exact) mass is 461 g/mol. The Morgan fingerprint density at radius 3 is 2.75 bits per heavy atom. The number of benzene rings is 1. The van der Waals surface area contributed by atoms with Crippen molar-refractivity contribution in [3.05, 3.63) is 42.0 Å². The van der Waals surface area contributed by atoms with Crippen molar-refractivity contribution in [2.45, 2.75) is 44.1 Å². The zero-order valence-electron chi connectivity index (χ0n) is 17.8. The lowest BCUT2D eigenvalue weighted by atomic mass is 10.1. The number of fused-ring (bicyclic) bond motifs is 1. The van der Waals surface area contributed by atoms with E-state index in [4.69, 9.17) is 4.74 Å². The molecule has 0 radical (unpaired) electrons. The third kappa shape index (κ3) is 4.30. The van der Waals surface area contributed by atoms with Gasteiger partial charge in [0.1, 0.15) is 11.9 Å². The number of ether oxygens (including phenoxy) is 1. The number of hydrogen-bond acceptors (Lipinski definition) is 7. The molecule has 3 heterocycles. The highest BCUT2D eigenvalue weighted by Gasteiger charge is 2.23. The van der Waals surface area contributed by atoms with Crippen molar-refractivity contribution >= 4 is 21.6 Å². The second-order valence-electron chi connectivity index (χ2n) is 7.57. The van der Waals surface area contributed by atoms with E-state index >= 15 is 4.39 Å². The number of aromatic nitrogens is 3. The van der Waals surface area contributed by atoms with E-state index in [1.165, 1.54) is 23.6 Å². The number of aryl methyl sites for hydroxylation is 1. The van der Waals surface area contributed by atoms with Crippen LogP contribution in [-0.4, -0.2) is 48.1 Å². The van der Waals surface area contributed by atoms with Gasteiger partial charge in [0, 0.05) is 24.2 Å². The van der Waals surface area contributed by atoms with E-state index in [9.17, 15) is 13.2 Å². The summed E-state index contributed by atoms with van der Waals surface area (Å²) in [5.41, 5.74) is 1.53. The van der Waals surface area contributed by atoms with Crippen LogP contribution in [0.5, 0.6) is 5.88 Å². The molecule has 1 aliphatic rings. The molecule has 2 aromatic heterocycles. The topological polar surface area (TPSA) is 115 Å². The van der Waals surface area contributed by atoms with Gasteiger partial charge in [-0.25, -0.2) is 22.5 Å². The van der Waals surface area contributed by atoms with Crippen molar-refractivity contribution in [1.29, 1.82) is 0 Å². The van der Waals surface area contributed by atoms with E-state index in [0.29, 0.717) is 22.8 Å². The van der Waals surface area contributed by atoms with Crippen molar-refractivity contribution in [3.63, 3.8) is 0 Å². The molecule has 32 heavy (non-hydrogen) atoms. The first kappa shape index (κ1) is 22.2. The van der Waals surface area contributed by atoms with Gasteiger partial charge in [0.2, 0.25) is 11.8 Å². The summed E-state index contributed by atoms with van der Waals surface area (Å²) in [5.74, 6) is -0.919. The molecule has 0 atom stereocenters. The normalized spacial score (nSPS) is 15.1. The van der Waals surface area contributed by atoms with Crippen LogP contribution < -0.4 is 14.8 Å². The molecule has 0 saturated carbocycles. The Kier molecular flexibility index (Phi) is 6.11. The largest absolute Gasteiger partial charge is 0.474 e. The molecule has 9 nitrogen and oxygen atoms in total. The van der Waals surface area contributed by atoms with E-state index in [1.54, 1.807) is 19.2 Å². The van der Waals surface area contributed by atoms with Crippen LogP contribution >= 0.6 is 0 Å². The number of sulfonamides is 1. The van der Waals surface area contributed by atoms with E-state index in [-0.39, 0.29) is 23.0 Å². The molecule has 0 spiro atoms. The second kappa shape index (κ2) is 8.83. The Labute approximate surface area is 185 Å². The van der Waals surface area contributed by atoms with E-state index in [1.807, 2.05) is 4.72 Å². The zero-order chi connectivity index (χ0) is 22.9. The number of carbonyl (C=O) groups excluding carboxylic acids is 1. The lowest BCUT2D eigenvalue weighted by Gasteiger charge is -2.23. The maximum atomic E-state index is 15.1. The summed E-state index contributed by atoms with van der Waals surface area (Å²) in [5, 5.41) is 7.77. The minimum atomic E-state index is -4.16. The number of rotatable bonds is 6. The van der Waals surface area contributed by atoms with Crippen LogP contribution in [0, 0.1) is 12.7 Å². The predicted molar refractivity (Wildman–Crippen MR) is 115 cm³/mol. The number of hydrogen-bond donors (Lipinski definition) is 2. The molecule has 2 N–H and O–H groups in total. The standard InChI is InChI=1S/C21H24FN5O4S/c1-3-18(28)26-32(29,30)15-4-5-16(17(22)12-15)20-13(2)25-27-19(8-11-24-21(20)27)31-14-6-9-23-10-7-14/h4-5,8,11-12,14,23H,3,6-7,9-10H2,1-2H3,(H,26,28). The lowest BCUT2D eigenvalue weighted by Crippen LogP contribution is -2.34. The highest BCUT2D eigenvalue weighted by Crippen LogP contribution is 2.32. The van der Waals surface area contributed by atoms with Gasteiger partial charge < -0.3 is 10.1 Å². The van der Waals surface area contributed by atoms with Crippen LogP contribution in [0.15, 0.2) is 35.4 Å². The van der Waals surface area contributed by atoms with E-state index < -0.39 is 21.7 Å². The quantitative estimate of drug-likeness (QED) is 0.578. The van der Waals surface area contributed by atoms with Gasteiger partial charge in [-0.05, 0) is 51.1 Å². The summed E-state index contributed by atoms with van der Waals surface area (Å²) in [4.78, 5) is 15.5. The van der Waals surface area contributed by atoms with Crippen molar-refractivity contribution < 1.29 is 22.3 Å². The lowest BCUT2D eigenvalue weighted by molar-refractivity contribution is -0.119. The molecule has 1 aromatic carbocycles. The van der Waals surface area contributed by atoms with Gasteiger partial charge in [0.15, 0.2) is 5.65 Å². The smallest absolute Gasteiger partial charge is 0.264 e. The Hall–Kier alpha value is -3.05. The van der Waals surface area contributed by atoms with Gasteiger partial charge in [0.25, 0.3) is 10.0 Å². The first-order chi connectivity index (χ1) is 15.3. The van der Waals surface area contributed by atoms with Gasteiger partial charge in [-0.3, -0.25) is 4.79 Å². The summed E-state index contributed by atoms with van der Waals surface area (Å²) in [6.07, 6.45) is 3.36. The van der Waals surface area contributed by atoms with Crippen LogP contribution in [0.4, 0.5) is 4.39 Å². The van der Waals surface area contributed by atoms with Crippen molar-refractivity contribution in [2.75, 3.05) is 13.1 Å². The first-order valence-corrected chi connectivity index (χ1v) is 11.9. The summed E-state index contributed by atoms with van der Waals surface area (Å²) in [6, 6.07) is 5.21. The molecule has 3 aromatic rings. The number of nitrogens with zero attached hydrogens (tertiary/aromatic N) is 3. The maximum Gasteiger partial charge on any atom is 0.264 e. The number of halogens is 1. The third-order valence-electron chi connectivity index (χ3n) is 5.32. The van der Waals surface area contributed by atoms with E-state index in [0.717, 1.165) is 32.0 Å². The fourth-order valence-corrected chi connectivity index (χ4v) is 4.73. The maximum absolute atomic E-state index is 15.1. The van der Waals surface area contributed by atoms with Crippen molar-refractivity contribution in [2.24, 2.45) is 0 Å². The number of piperidine rings is 1. The molecule has 1 fully saturated rings. The number of nitrogens with one attached hydrogen (secondary N) is 2. The summed E-state index contributed by atoms with van der Waals surface area (Å²) in [7, 11) is -4.16. The molecule has 0 aliphatic carbocycles. The average Bonchev–Trinajstić information content (AvgIpc) is 3.11. The number of amides is 1. The molecule has 4 rings (SSSR count). The average molecular weight is 462 g/mol. The molecule has 1 saturated heterocycles. The van der Waals surface area contributed by atoms with Gasteiger partial charge in [-0.2, -0.15) is 9.61 Å². The molecular weight excluding hydrogens is 437 g/mol. The van der Waals surface area contributed by atoms with Crippen LogP contribution in [0.3, 0.4) is 0 Å². The molecule has 1 amide bonds. The fraction of sp³-hybridized carbons (Fsp3) is 0.381. The third-order valence-corrected chi connectivity index (χ3v) is 6.69. The fourth-order valence-electron chi connectivity index (χ4n) is 3.67. The Balaban J connectivity index is 1.71.